The molecule has 0 aliphatic carbocycles. The fraction of sp³-hybridized carbons (Fsp3) is 0.154. The van der Waals surface area contributed by atoms with Crippen molar-refractivity contribution >= 4 is 10.0 Å². The highest BCUT2D eigenvalue weighted by molar-refractivity contribution is 7.89. The molecule has 33 heavy (non-hydrogen) atoms. The summed E-state index contributed by atoms with van der Waals surface area (Å²) in [6.45, 7) is 0.957. The molecule has 1 unspecified atom stereocenters. The van der Waals surface area contributed by atoms with Crippen molar-refractivity contribution in [1.82, 2.24) is 8.87 Å². The van der Waals surface area contributed by atoms with Gasteiger partial charge in [0.1, 0.15) is 17.2 Å². The lowest BCUT2D eigenvalue weighted by Crippen LogP contribution is -2.42. The normalized spacial score (nSPS) is 16.2. The predicted octanol–water partition coefficient (Wildman–Crippen LogP) is 5.08. The third kappa shape index (κ3) is 4.13. The summed E-state index contributed by atoms with van der Waals surface area (Å²) in [4.78, 5) is 0.241. The summed E-state index contributed by atoms with van der Waals surface area (Å²) in [5.41, 5.74) is 1.77. The molecule has 3 aromatic carbocycles. The van der Waals surface area contributed by atoms with Crippen LogP contribution in [0, 0.1) is 0 Å². The number of hydrogen-bond acceptors (Lipinski definition) is 4. The molecule has 0 saturated carbocycles. The van der Waals surface area contributed by atoms with Gasteiger partial charge in [-0.25, -0.2) is 8.42 Å². The molecule has 0 spiro atoms. The van der Waals surface area contributed by atoms with Gasteiger partial charge in [-0.05, 0) is 66.2 Å². The lowest BCUT2D eigenvalue weighted by molar-refractivity contribution is 0.298. The molecule has 1 aliphatic rings. The molecule has 1 aromatic heterocycles. The van der Waals surface area contributed by atoms with Gasteiger partial charge in [0, 0.05) is 25.0 Å². The SMILES string of the molecule is COc1ccc(S(=O)(=O)N2CCn3cccc3C2c2cccc(Oc3ccccc3)c2)cc1. The zero-order valence-electron chi connectivity index (χ0n) is 18.2. The molecule has 7 heteroatoms. The highest BCUT2D eigenvalue weighted by Crippen LogP contribution is 2.38. The van der Waals surface area contributed by atoms with Gasteiger partial charge < -0.3 is 14.0 Å². The second-order valence-electron chi connectivity index (χ2n) is 7.81. The third-order valence-electron chi connectivity index (χ3n) is 5.81. The second kappa shape index (κ2) is 8.77. The third-order valence-corrected chi connectivity index (χ3v) is 7.69. The molecular formula is C26H24N2O4S. The minimum absolute atomic E-state index is 0.241. The van der Waals surface area contributed by atoms with Crippen LogP contribution < -0.4 is 9.47 Å². The van der Waals surface area contributed by atoms with E-state index >= 15 is 0 Å². The number of benzene rings is 3. The number of rotatable bonds is 6. The first kappa shape index (κ1) is 21.3. The van der Waals surface area contributed by atoms with Crippen molar-refractivity contribution in [3.05, 3.63) is 108 Å². The van der Waals surface area contributed by atoms with Crippen molar-refractivity contribution in [1.29, 1.82) is 0 Å². The molecule has 6 nitrogen and oxygen atoms in total. The van der Waals surface area contributed by atoms with Crippen LogP contribution in [0.1, 0.15) is 17.3 Å². The van der Waals surface area contributed by atoms with E-state index in [1.165, 1.54) is 0 Å². The van der Waals surface area contributed by atoms with Crippen LogP contribution in [-0.4, -0.2) is 30.9 Å². The molecule has 5 rings (SSSR count). The molecule has 1 aliphatic heterocycles. The Labute approximate surface area is 193 Å². The van der Waals surface area contributed by atoms with Crippen molar-refractivity contribution in [2.45, 2.75) is 17.5 Å². The maximum absolute atomic E-state index is 13.7. The zero-order valence-corrected chi connectivity index (χ0v) is 19.0. The van der Waals surface area contributed by atoms with Crippen LogP contribution in [0.2, 0.25) is 0 Å². The summed E-state index contributed by atoms with van der Waals surface area (Å²) in [7, 11) is -2.19. The highest BCUT2D eigenvalue weighted by atomic mass is 32.2. The van der Waals surface area contributed by atoms with Gasteiger partial charge in [0.15, 0.2) is 0 Å². The van der Waals surface area contributed by atoms with Gasteiger partial charge in [-0.3, -0.25) is 0 Å². The monoisotopic (exact) mass is 460 g/mol. The molecule has 0 fully saturated rings. The molecular weight excluding hydrogens is 436 g/mol. The summed E-state index contributed by atoms with van der Waals surface area (Å²) in [6.07, 6.45) is 1.99. The van der Waals surface area contributed by atoms with Crippen molar-refractivity contribution < 1.29 is 17.9 Å². The molecule has 0 radical (unpaired) electrons. The molecule has 168 valence electrons. The number of aromatic nitrogens is 1. The first-order valence-electron chi connectivity index (χ1n) is 10.7. The van der Waals surface area contributed by atoms with Crippen LogP contribution in [0.15, 0.2) is 102 Å². The Bertz CT molecular complexity index is 1350. The van der Waals surface area contributed by atoms with Crippen LogP contribution in [0.4, 0.5) is 0 Å². The minimum Gasteiger partial charge on any atom is -0.497 e. The number of hydrogen-bond donors (Lipinski definition) is 0. The summed E-state index contributed by atoms with van der Waals surface area (Å²) in [5.74, 6) is 2.00. The second-order valence-corrected chi connectivity index (χ2v) is 9.70. The summed E-state index contributed by atoms with van der Waals surface area (Å²) >= 11 is 0. The van der Waals surface area contributed by atoms with E-state index in [2.05, 4.69) is 4.57 Å². The number of para-hydroxylation sites is 1. The van der Waals surface area contributed by atoms with Gasteiger partial charge in [-0.1, -0.05) is 30.3 Å². The van der Waals surface area contributed by atoms with Crippen molar-refractivity contribution in [2.24, 2.45) is 0 Å². The maximum atomic E-state index is 13.7. The van der Waals surface area contributed by atoms with Gasteiger partial charge >= 0.3 is 0 Å². The van der Waals surface area contributed by atoms with Crippen LogP contribution in [0.5, 0.6) is 17.2 Å². The van der Waals surface area contributed by atoms with Gasteiger partial charge in [0.2, 0.25) is 10.0 Å². The lowest BCUT2D eigenvalue weighted by Gasteiger charge is -2.36. The number of nitrogens with zero attached hydrogens (tertiary/aromatic N) is 2. The molecule has 0 N–H and O–H groups in total. The van der Waals surface area contributed by atoms with Crippen molar-refractivity contribution in [3.63, 3.8) is 0 Å². The van der Waals surface area contributed by atoms with E-state index in [1.807, 2.05) is 72.9 Å². The molecule has 1 atom stereocenters. The Hall–Kier alpha value is -3.55. The standard InChI is InChI=1S/C26H24N2O4S/c1-31-21-12-14-24(15-13-21)33(29,30)28-18-17-27-16-6-11-25(27)26(28)20-7-5-10-23(19-20)32-22-8-3-2-4-9-22/h2-16,19,26H,17-18H2,1H3. The Kier molecular flexibility index (Phi) is 5.66. The van der Waals surface area contributed by atoms with Crippen LogP contribution in [-0.2, 0) is 16.6 Å². The number of sulfonamides is 1. The van der Waals surface area contributed by atoms with Crippen LogP contribution in [0.25, 0.3) is 0 Å². The first-order chi connectivity index (χ1) is 16.1. The van der Waals surface area contributed by atoms with Crippen LogP contribution in [0.3, 0.4) is 0 Å². The predicted molar refractivity (Wildman–Crippen MR) is 126 cm³/mol. The summed E-state index contributed by atoms with van der Waals surface area (Å²) in [5, 5.41) is 0. The largest absolute Gasteiger partial charge is 0.497 e. The Morgan fingerprint density at radius 1 is 0.788 bits per heavy atom. The van der Waals surface area contributed by atoms with Crippen LogP contribution >= 0.6 is 0 Å². The van der Waals surface area contributed by atoms with E-state index in [9.17, 15) is 8.42 Å². The van der Waals surface area contributed by atoms with Gasteiger partial charge in [-0.2, -0.15) is 4.31 Å². The van der Waals surface area contributed by atoms with E-state index < -0.39 is 16.1 Å². The highest BCUT2D eigenvalue weighted by Gasteiger charge is 2.37. The molecule has 0 saturated heterocycles. The summed E-state index contributed by atoms with van der Waals surface area (Å²) in [6, 6.07) is 27.1. The van der Waals surface area contributed by atoms with E-state index in [0.717, 1.165) is 17.0 Å². The molecule has 0 bridgehead atoms. The summed E-state index contributed by atoms with van der Waals surface area (Å²) < 4.78 is 42.3. The Balaban J connectivity index is 1.55. The van der Waals surface area contributed by atoms with Gasteiger partial charge in [-0.15, -0.1) is 0 Å². The molecule has 4 aromatic rings. The number of fused-ring (bicyclic) bond motifs is 1. The van der Waals surface area contributed by atoms with E-state index in [1.54, 1.807) is 35.7 Å². The minimum atomic E-state index is -3.75. The van der Waals surface area contributed by atoms with E-state index in [-0.39, 0.29) is 4.90 Å². The zero-order chi connectivity index (χ0) is 22.8. The number of ether oxygens (including phenoxy) is 2. The van der Waals surface area contributed by atoms with Crippen molar-refractivity contribution in [3.8, 4) is 17.2 Å². The van der Waals surface area contributed by atoms with Gasteiger partial charge in [0.25, 0.3) is 0 Å². The first-order valence-corrected chi connectivity index (χ1v) is 12.1. The number of methoxy groups -OCH3 is 1. The quantitative estimate of drug-likeness (QED) is 0.402. The Morgan fingerprint density at radius 3 is 2.30 bits per heavy atom. The van der Waals surface area contributed by atoms with E-state index in [0.29, 0.717) is 24.6 Å². The molecule has 2 heterocycles. The average Bonchev–Trinajstić information content (AvgIpc) is 3.33. The lowest BCUT2D eigenvalue weighted by atomic mass is 10.0. The smallest absolute Gasteiger partial charge is 0.244 e. The van der Waals surface area contributed by atoms with Crippen molar-refractivity contribution in [2.75, 3.05) is 13.7 Å². The Morgan fingerprint density at radius 2 is 1.55 bits per heavy atom. The fourth-order valence-electron chi connectivity index (χ4n) is 4.21. The average molecular weight is 461 g/mol. The van der Waals surface area contributed by atoms with Gasteiger partial charge in [0.05, 0.1) is 18.0 Å². The molecule has 0 amide bonds. The fourth-order valence-corrected chi connectivity index (χ4v) is 5.79. The topological polar surface area (TPSA) is 60.8 Å². The van der Waals surface area contributed by atoms with E-state index in [4.69, 9.17) is 9.47 Å². The maximum Gasteiger partial charge on any atom is 0.244 e.